The van der Waals surface area contributed by atoms with Crippen LogP contribution in [-0.4, -0.2) is 17.0 Å². The summed E-state index contributed by atoms with van der Waals surface area (Å²) in [4.78, 5) is 11.9. The van der Waals surface area contributed by atoms with E-state index in [1.807, 2.05) is 6.08 Å². The van der Waals surface area contributed by atoms with Gasteiger partial charge >= 0.3 is 0 Å². The van der Waals surface area contributed by atoms with Gasteiger partial charge in [0.15, 0.2) is 5.78 Å². The van der Waals surface area contributed by atoms with Crippen molar-refractivity contribution in [2.75, 3.05) is 0 Å². The molecule has 3 fully saturated rings. The minimum atomic E-state index is -0.0994. The summed E-state index contributed by atoms with van der Waals surface area (Å²) in [7, 11) is 0. The predicted molar refractivity (Wildman–Crippen MR) is 96.5 cm³/mol. The van der Waals surface area contributed by atoms with Gasteiger partial charge in [0, 0.05) is 6.42 Å². The molecule has 3 saturated carbocycles. The van der Waals surface area contributed by atoms with E-state index < -0.39 is 0 Å². The topological polar surface area (TPSA) is 37.3 Å². The Morgan fingerprint density at radius 1 is 1.21 bits per heavy atom. The molecule has 4 rings (SSSR count). The molecule has 4 aliphatic carbocycles. The summed E-state index contributed by atoms with van der Waals surface area (Å²) in [5.74, 6) is 3.24. The smallest absolute Gasteiger partial charge is 0.155 e. The van der Waals surface area contributed by atoms with Crippen molar-refractivity contribution in [3.8, 4) is 0 Å². The van der Waals surface area contributed by atoms with Crippen LogP contribution in [-0.2, 0) is 4.79 Å². The molecule has 0 aromatic rings. The van der Waals surface area contributed by atoms with E-state index in [0.29, 0.717) is 17.6 Å². The predicted octanol–water partition coefficient (Wildman–Crippen LogP) is 4.91. The van der Waals surface area contributed by atoms with Gasteiger partial charge in [-0.2, -0.15) is 0 Å². The Kier molecular flexibility index (Phi) is 3.99. The van der Waals surface area contributed by atoms with Crippen molar-refractivity contribution in [1.82, 2.24) is 0 Å². The summed E-state index contributed by atoms with van der Waals surface area (Å²) < 4.78 is 0. The van der Waals surface area contributed by atoms with Crippen LogP contribution >= 0.6 is 0 Å². The number of ketones is 1. The molecule has 0 spiro atoms. The maximum Gasteiger partial charge on any atom is 0.155 e. The molecule has 0 aromatic heterocycles. The highest BCUT2D eigenvalue weighted by atomic mass is 16.3. The lowest BCUT2D eigenvalue weighted by molar-refractivity contribution is -0.118. The molecule has 0 aromatic carbocycles. The number of carbonyl (C=O) groups excluding carboxylic acids is 1. The minimum Gasteiger partial charge on any atom is -0.393 e. The fourth-order valence-electron chi connectivity index (χ4n) is 7.48. The van der Waals surface area contributed by atoms with Crippen LogP contribution in [0.25, 0.3) is 0 Å². The number of carbonyl (C=O) groups is 1. The van der Waals surface area contributed by atoms with Crippen molar-refractivity contribution in [2.45, 2.75) is 84.7 Å². The van der Waals surface area contributed by atoms with Gasteiger partial charge < -0.3 is 5.11 Å². The molecule has 1 unspecified atom stereocenters. The zero-order chi connectivity index (χ0) is 17.1. The van der Waals surface area contributed by atoms with E-state index in [1.54, 1.807) is 0 Å². The zero-order valence-corrected chi connectivity index (χ0v) is 15.7. The van der Waals surface area contributed by atoms with E-state index in [4.69, 9.17) is 0 Å². The van der Waals surface area contributed by atoms with Crippen LogP contribution in [0, 0.1) is 34.5 Å². The molecule has 0 radical (unpaired) electrons. The minimum absolute atomic E-state index is 0.0994. The van der Waals surface area contributed by atoms with E-state index in [1.165, 1.54) is 37.7 Å². The van der Waals surface area contributed by atoms with Crippen LogP contribution < -0.4 is 0 Å². The first-order valence-electron chi connectivity index (χ1n) is 10.3. The summed E-state index contributed by atoms with van der Waals surface area (Å²) >= 11 is 0. The maximum atomic E-state index is 11.9. The SMILES string of the molecule is CCCC1C[C@H](O)[C@@]2(C)CC[C@H]3[C@@H](CCC4=CC(=O)CC[C@@]43C)[C@H]12. The first-order valence-corrected chi connectivity index (χ1v) is 10.3. The number of allylic oxidation sites excluding steroid dienone is 1. The fourth-order valence-corrected chi connectivity index (χ4v) is 7.48. The fraction of sp³-hybridized carbons (Fsp3) is 0.864. The summed E-state index contributed by atoms with van der Waals surface area (Å²) in [6.45, 7) is 7.12. The summed E-state index contributed by atoms with van der Waals surface area (Å²) in [5.41, 5.74) is 1.85. The van der Waals surface area contributed by atoms with Gasteiger partial charge in [0.25, 0.3) is 0 Å². The summed E-state index contributed by atoms with van der Waals surface area (Å²) in [6.07, 6.45) is 12.0. The molecule has 0 heterocycles. The number of aliphatic hydroxyl groups excluding tert-OH is 1. The van der Waals surface area contributed by atoms with Gasteiger partial charge in [-0.05, 0) is 79.1 Å². The van der Waals surface area contributed by atoms with E-state index in [2.05, 4.69) is 20.8 Å². The van der Waals surface area contributed by atoms with Gasteiger partial charge in [0.05, 0.1) is 6.10 Å². The average Bonchev–Trinajstić information content (AvgIpc) is 2.79. The van der Waals surface area contributed by atoms with Gasteiger partial charge in [0.2, 0.25) is 0 Å². The van der Waals surface area contributed by atoms with Crippen LogP contribution in [0.3, 0.4) is 0 Å². The monoisotopic (exact) mass is 330 g/mol. The third-order valence-electron chi connectivity index (χ3n) is 8.71. The number of rotatable bonds is 2. The number of hydrogen-bond donors (Lipinski definition) is 1. The summed E-state index contributed by atoms with van der Waals surface area (Å²) in [6, 6.07) is 0. The van der Waals surface area contributed by atoms with E-state index in [0.717, 1.165) is 37.5 Å². The van der Waals surface area contributed by atoms with Crippen molar-refractivity contribution < 1.29 is 9.90 Å². The van der Waals surface area contributed by atoms with Crippen LogP contribution in [0.1, 0.15) is 78.6 Å². The van der Waals surface area contributed by atoms with Gasteiger partial charge in [-0.1, -0.05) is 39.2 Å². The Labute approximate surface area is 147 Å². The molecule has 0 amide bonds. The third kappa shape index (κ3) is 2.21. The zero-order valence-electron chi connectivity index (χ0n) is 15.7. The lowest BCUT2D eigenvalue weighted by Crippen LogP contribution is -2.52. The van der Waals surface area contributed by atoms with E-state index in [9.17, 15) is 9.90 Å². The largest absolute Gasteiger partial charge is 0.393 e. The Hall–Kier alpha value is -0.630. The molecule has 0 bridgehead atoms. The molecule has 134 valence electrons. The van der Waals surface area contributed by atoms with E-state index >= 15 is 0 Å². The number of aliphatic hydroxyl groups is 1. The number of fused-ring (bicyclic) bond motifs is 5. The molecule has 7 atom stereocenters. The molecule has 0 saturated heterocycles. The van der Waals surface area contributed by atoms with Crippen molar-refractivity contribution in [3.05, 3.63) is 11.6 Å². The Morgan fingerprint density at radius 3 is 2.75 bits per heavy atom. The molecule has 1 N–H and O–H groups in total. The Balaban J connectivity index is 1.69. The van der Waals surface area contributed by atoms with Gasteiger partial charge in [0.1, 0.15) is 0 Å². The van der Waals surface area contributed by atoms with Crippen LogP contribution in [0.15, 0.2) is 11.6 Å². The molecule has 4 aliphatic rings. The molecular weight excluding hydrogens is 296 g/mol. The van der Waals surface area contributed by atoms with Crippen molar-refractivity contribution in [1.29, 1.82) is 0 Å². The second-order valence-electron chi connectivity index (χ2n) is 9.73. The lowest BCUT2D eigenvalue weighted by Gasteiger charge is -2.58. The van der Waals surface area contributed by atoms with Gasteiger partial charge in [-0.25, -0.2) is 0 Å². The van der Waals surface area contributed by atoms with Crippen molar-refractivity contribution in [3.63, 3.8) is 0 Å². The molecular formula is C22H34O2. The first-order chi connectivity index (χ1) is 11.4. The van der Waals surface area contributed by atoms with Crippen LogP contribution in [0.2, 0.25) is 0 Å². The normalized spacial score (nSPS) is 50.8. The van der Waals surface area contributed by atoms with Crippen LogP contribution in [0.4, 0.5) is 0 Å². The average molecular weight is 331 g/mol. The Morgan fingerprint density at radius 2 is 2.00 bits per heavy atom. The Bertz CT molecular complexity index is 564. The highest BCUT2D eigenvalue weighted by molar-refractivity contribution is 5.91. The quantitative estimate of drug-likeness (QED) is 0.781. The summed E-state index contributed by atoms with van der Waals surface area (Å²) in [5, 5.41) is 10.8. The maximum absolute atomic E-state index is 11.9. The van der Waals surface area contributed by atoms with Crippen molar-refractivity contribution >= 4 is 5.78 Å². The molecule has 24 heavy (non-hydrogen) atoms. The number of hydrogen-bond acceptors (Lipinski definition) is 2. The highest BCUT2D eigenvalue weighted by Crippen LogP contribution is 2.66. The third-order valence-corrected chi connectivity index (χ3v) is 8.71. The first kappa shape index (κ1) is 16.8. The van der Waals surface area contributed by atoms with Gasteiger partial charge in [-0.3, -0.25) is 4.79 Å². The van der Waals surface area contributed by atoms with Crippen LogP contribution in [0.5, 0.6) is 0 Å². The lowest BCUT2D eigenvalue weighted by atomic mass is 9.46. The second-order valence-corrected chi connectivity index (χ2v) is 9.73. The van der Waals surface area contributed by atoms with Gasteiger partial charge in [-0.15, -0.1) is 0 Å². The molecule has 0 aliphatic heterocycles. The second kappa shape index (κ2) is 5.69. The highest BCUT2D eigenvalue weighted by Gasteiger charge is 2.61. The van der Waals surface area contributed by atoms with Crippen molar-refractivity contribution in [2.24, 2.45) is 34.5 Å². The molecule has 2 nitrogen and oxygen atoms in total. The van der Waals surface area contributed by atoms with E-state index in [-0.39, 0.29) is 16.9 Å². The standard InChI is InChI=1S/C22H34O2/c1-4-5-14-12-19(24)22(3)11-9-18-17(20(14)22)7-6-15-13-16(23)8-10-21(15,18)2/h13-14,17-20,24H,4-12H2,1-3H3/t14?,17-,18+,19+,20+,21+,22-/m1/s1. The molecule has 2 heteroatoms.